The van der Waals surface area contributed by atoms with Crippen molar-refractivity contribution < 1.29 is 9.59 Å². The van der Waals surface area contributed by atoms with Crippen LogP contribution in [0.2, 0.25) is 0 Å². The van der Waals surface area contributed by atoms with E-state index >= 15 is 0 Å². The first-order chi connectivity index (χ1) is 8.24. The lowest BCUT2D eigenvalue weighted by Crippen LogP contribution is -1.90. The number of carbonyl (C=O) groups is 2. The van der Waals surface area contributed by atoms with Gasteiger partial charge in [0.25, 0.3) is 0 Å². The van der Waals surface area contributed by atoms with Crippen molar-refractivity contribution in [2.24, 2.45) is 0 Å². The molecule has 0 spiro atoms. The lowest BCUT2D eigenvalue weighted by molar-refractivity contribution is 0.112. The van der Waals surface area contributed by atoms with Gasteiger partial charge in [0.05, 0.1) is 0 Å². The van der Waals surface area contributed by atoms with Gasteiger partial charge in [0.2, 0.25) is 0 Å². The van der Waals surface area contributed by atoms with E-state index in [0.29, 0.717) is 11.1 Å². The number of hydrogen-bond donors (Lipinski definition) is 0. The maximum Gasteiger partial charge on any atom is 0.150 e. The van der Waals surface area contributed by atoms with E-state index < -0.39 is 0 Å². The molecule has 0 aromatic heterocycles. The molecule has 2 aromatic rings. The third kappa shape index (κ3) is 2.31. The fourth-order valence-electron chi connectivity index (χ4n) is 1.86. The second-order valence-corrected chi connectivity index (χ2v) is 3.94. The second-order valence-electron chi connectivity index (χ2n) is 3.94. The van der Waals surface area contributed by atoms with Gasteiger partial charge in [0.15, 0.2) is 0 Å². The minimum Gasteiger partial charge on any atom is -0.298 e. The third-order valence-electron chi connectivity index (χ3n) is 2.71. The first kappa shape index (κ1) is 11.3. The van der Waals surface area contributed by atoms with Crippen LogP contribution in [-0.2, 0) is 0 Å². The second kappa shape index (κ2) is 4.74. The van der Waals surface area contributed by atoms with E-state index in [0.717, 1.165) is 29.3 Å². The predicted octanol–water partition coefficient (Wildman–Crippen LogP) is 3.29. The molecule has 0 fully saturated rings. The van der Waals surface area contributed by atoms with E-state index in [1.165, 1.54) is 0 Å². The van der Waals surface area contributed by atoms with Crippen molar-refractivity contribution in [2.75, 3.05) is 0 Å². The Bertz CT molecular complexity index is 545. The van der Waals surface area contributed by atoms with Crippen LogP contribution >= 0.6 is 0 Å². The van der Waals surface area contributed by atoms with Gasteiger partial charge >= 0.3 is 0 Å². The van der Waals surface area contributed by atoms with Crippen molar-refractivity contribution in [3.05, 3.63) is 59.2 Å². The predicted molar refractivity (Wildman–Crippen MR) is 67.4 cm³/mol. The van der Waals surface area contributed by atoms with Crippen molar-refractivity contribution in [3.8, 4) is 11.1 Å². The molecule has 2 rings (SSSR count). The standard InChI is InChI=1S/C15H12O2/c1-11-4-2-3-5-15(11)14-7-12(9-16)6-13(8-14)10-17/h2-10H,1H3. The van der Waals surface area contributed by atoms with Crippen LogP contribution in [0.25, 0.3) is 11.1 Å². The Balaban J connectivity index is 2.63. The van der Waals surface area contributed by atoms with Crippen molar-refractivity contribution in [1.82, 2.24) is 0 Å². The molecule has 0 radical (unpaired) electrons. The van der Waals surface area contributed by atoms with Crippen molar-refractivity contribution in [1.29, 1.82) is 0 Å². The highest BCUT2D eigenvalue weighted by atomic mass is 16.1. The summed E-state index contributed by atoms with van der Waals surface area (Å²) in [6, 6.07) is 13.1. The Kier molecular flexibility index (Phi) is 3.15. The molecular formula is C15H12O2. The molecule has 2 aromatic carbocycles. The number of benzene rings is 2. The average Bonchev–Trinajstić information content (AvgIpc) is 2.38. The van der Waals surface area contributed by atoms with E-state index in [2.05, 4.69) is 0 Å². The quantitative estimate of drug-likeness (QED) is 0.750. The highest BCUT2D eigenvalue weighted by Crippen LogP contribution is 2.24. The fourth-order valence-corrected chi connectivity index (χ4v) is 1.86. The Labute approximate surface area is 99.9 Å². The van der Waals surface area contributed by atoms with E-state index in [1.54, 1.807) is 18.2 Å². The molecule has 0 atom stereocenters. The SMILES string of the molecule is Cc1ccccc1-c1cc(C=O)cc(C=O)c1. The molecule has 0 aliphatic heterocycles. The molecule has 0 bridgehead atoms. The fraction of sp³-hybridized carbons (Fsp3) is 0.0667. The Morgan fingerprint density at radius 2 is 1.47 bits per heavy atom. The van der Waals surface area contributed by atoms with Crippen LogP contribution in [0.3, 0.4) is 0 Å². The first-order valence-corrected chi connectivity index (χ1v) is 5.36. The highest BCUT2D eigenvalue weighted by molar-refractivity contribution is 5.86. The summed E-state index contributed by atoms with van der Waals surface area (Å²) in [7, 11) is 0. The Morgan fingerprint density at radius 1 is 0.882 bits per heavy atom. The molecule has 0 heterocycles. The zero-order valence-electron chi connectivity index (χ0n) is 9.51. The smallest absolute Gasteiger partial charge is 0.150 e. The normalized spacial score (nSPS) is 9.94. The van der Waals surface area contributed by atoms with E-state index in [4.69, 9.17) is 0 Å². The van der Waals surface area contributed by atoms with Crippen molar-refractivity contribution >= 4 is 12.6 Å². The average molecular weight is 224 g/mol. The van der Waals surface area contributed by atoms with Gasteiger partial charge in [0.1, 0.15) is 12.6 Å². The first-order valence-electron chi connectivity index (χ1n) is 5.36. The molecule has 0 amide bonds. The van der Waals surface area contributed by atoms with Gasteiger partial charge in [-0.2, -0.15) is 0 Å². The van der Waals surface area contributed by atoms with Gasteiger partial charge < -0.3 is 0 Å². The molecule has 0 aliphatic rings. The molecule has 84 valence electrons. The minimum absolute atomic E-state index is 0.521. The maximum atomic E-state index is 10.8. The van der Waals surface area contributed by atoms with Gasteiger partial charge in [-0.15, -0.1) is 0 Å². The number of rotatable bonds is 3. The zero-order chi connectivity index (χ0) is 12.3. The van der Waals surface area contributed by atoms with E-state index in [-0.39, 0.29) is 0 Å². The molecule has 0 N–H and O–H groups in total. The van der Waals surface area contributed by atoms with Crippen LogP contribution in [0.15, 0.2) is 42.5 Å². The van der Waals surface area contributed by atoms with Crippen molar-refractivity contribution in [3.63, 3.8) is 0 Å². The van der Waals surface area contributed by atoms with Gasteiger partial charge in [-0.3, -0.25) is 9.59 Å². The number of aldehydes is 2. The monoisotopic (exact) mass is 224 g/mol. The number of hydrogen-bond acceptors (Lipinski definition) is 2. The van der Waals surface area contributed by atoms with Crippen LogP contribution in [0.5, 0.6) is 0 Å². The van der Waals surface area contributed by atoms with Gasteiger partial charge in [0, 0.05) is 11.1 Å². The summed E-state index contributed by atoms with van der Waals surface area (Å²) in [5.41, 5.74) is 4.10. The minimum atomic E-state index is 0.521. The molecule has 0 aliphatic carbocycles. The van der Waals surface area contributed by atoms with Gasteiger partial charge in [-0.1, -0.05) is 24.3 Å². The summed E-state index contributed by atoms with van der Waals surface area (Å²) in [5.74, 6) is 0. The summed E-state index contributed by atoms with van der Waals surface area (Å²) in [4.78, 5) is 21.7. The van der Waals surface area contributed by atoms with Crippen LogP contribution in [0, 0.1) is 6.92 Å². The van der Waals surface area contributed by atoms with Crippen LogP contribution < -0.4 is 0 Å². The van der Waals surface area contributed by atoms with Gasteiger partial charge in [-0.25, -0.2) is 0 Å². The Morgan fingerprint density at radius 3 is 2.00 bits per heavy atom. The molecule has 2 heteroatoms. The molecular weight excluding hydrogens is 212 g/mol. The summed E-state index contributed by atoms with van der Waals surface area (Å²) in [6.07, 6.45) is 1.52. The van der Waals surface area contributed by atoms with Crippen LogP contribution in [0.4, 0.5) is 0 Å². The summed E-state index contributed by atoms with van der Waals surface area (Å²) in [6.45, 7) is 2.00. The molecule has 17 heavy (non-hydrogen) atoms. The third-order valence-corrected chi connectivity index (χ3v) is 2.71. The van der Waals surface area contributed by atoms with Gasteiger partial charge in [-0.05, 0) is 41.8 Å². The van der Waals surface area contributed by atoms with E-state index in [1.807, 2.05) is 31.2 Å². The van der Waals surface area contributed by atoms with Crippen LogP contribution in [0.1, 0.15) is 26.3 Å². The van der Waals surface area contributed by atoms with E-state index in [9.17, 15) is 9.59 Å². The number of carbonyl (C=O) groups excluding carboxylic acids is 2. The summed E-state index contributed by atoms with van der Waals surface area (Å²) in [5, 5.41) is 0. The zero-order valence-corrected chi connectivity index (χ0v) is 9.51. The van der Waals surface area contributed by atoms with Crippen LogP contribution in [-0.4, -0.2) is 12.6 Å². The lowest BCUT2D eigenvalue weighted by Gasteiger charge is -2.07. The lowest BCUT2D eigenvalue weighted by atomic mass is 9.97. The summed E-state index contributed by atoms with van der Waals surface area (Å²) >= 11 is 0. The molecule has 0 saturated carbocycles. The maximum absolute atomic E-state index is 10.8. The Hall–Kier alpha value is -2.22. The topological polar surface area (TPSA) is 34.1 Å². The summed E-state index contributed by atoms with van der Waals surface area (Å²) < 4.78 is 0. The number of aryl methyl sites for hydroxylation is 1. The highest BCUT2D eigenvalue weighted by Gasteiger charge is 2.04. The van der Waals surface area contributed by atoms with Crippen molar-refractivity contribution in [2.45, 2.75) is 6.92 Å². The largest absolute Gasteiger partial charge is 0.298 e. The molecule has 2 nitrogen and oxygen atoms in total. The molecule has 0 unspecified atom stereocenters. The molecule has 0 saturated heterocycles.